The molecule has 12 unspecified atom stereocenters. The lowest BCUT2D eigenvalue weighted by atomic mass is 9.38. The summed E-state index contributed by atoms with van der Waals surface area (Å²) < 4.78 is 20.0. The fourth-order valence-corrected chi connectivity index (χ4v) is 13.3. The minimum atomic E-state index is -0.815. The van der Waals surface area contributed by atoms with Gasteiger partial charge in [-0.2, -0.15) is 0 Å². The van der Waals surface area contributed by atoms with Gasteiger partial charge in [0.1, 0.15) is 17.7 Å². The van der Waals surface area contributed by atoms with Crippen LogP contribution in [-0.2, 0) is 24.5 Å². The van der Waals surface area contributed by atoms with Crippen molar-refractivity contribution >= 4 is 17.7 Å². The number of ketones is 1. The van der Waals surface area contributed by atoms with E-state index in [4.69, 9.17) is 9.72 Å². The second-order valence-electron chi connectivity index (χ2n) is 18.4. The van der Waals surface area contributed by atoms with Crippen LogP contribution >= 0.6 is 0 Å². The number of carboxylic acid groups (broad SMARTS) is 1. The van der Waals surface area contributed by atoms with Crippen LogP contribution in [0, 0.1) is 69.9 Å². The predicted molar refractivity (Wildman–Crippen MR) is 192 cm³/mol. The number of benzene rings is 1. The Hall–Kier alpha value is -3.29. The van der Waals surface area contributed by atoms with Crippen molar-refractivity contribution in [3.8, 4) is 11.3 Å². The van der Waals surface area contributed by atoms with Gasteiger partial charge in [0, 0.05) is 6.42 Å². The van der Waals surface area contributed by atoms with Gasteiger partial charge >= 0.3 is 11.9 Å². The molecular formula is C43H55FN2O5. The number of carbonyl (C=O) groups is 3. The van der Waals surface area contributed by atoms with E-state index in [0.717, 1.165) is 74.0 Å². The molecule has 0 saturated heterocycles. The van der Waals surface area contributed by atoms with Gasteiger partial charge in [0.25, 0.3) is 0 Å². The molecule has 8 rings (SSSR count). The summed E-state index contributed by atoms with van der Waals surface area (Å²) in [7, 11) is 0. The van der Waals surface area contributed by atoms with Gasteiger partial charge in [-0.25, -0.2) is 9.37 Å². The molecule has 1 aromatic heterocycles. The molecule has 0 amide bonds. The number of fused-ring (bicyclic) bond motifs is 7. The summed E-state index contributed by atoms with van der Waals surface area (Å²) in [5.41, 5.74) is 4.04. The Morgan fingerprint density at radius 2 is 1.63 bits per heavy atom. The van der Waals surface area contributed by atoms with Crippen LogP contribution in [0.3, 0.4) is 0 Å². The molecule has 12 atom stereocenters. The van der Waals surface area contributed by atoms with E-state index in [1.54, 1.807) is 12.1 Å². The number of halogens is 1. The summed E-state index contributed by atoms with van der Waals surface area (Å²) in [6, 6.07) is 6.50. The van der Waals surface area contributed by atoms with Gasteiger partial charge in [0.2, 0.25) is 0 Å². The van der Waals surface area contributed by atoms with E-state index in [1.807, 2.05) is 13.1 Å². The number of esters is 1. The fraction of sp³-hybridized carbons (Fsp3) is 0.674. The molecule has 0 radical (unpaired) electrons. The first-order valence-corrected chi connectivity index (χ1v) is 19.7. The average molecular weight is 699 g/mol. The van der Waals surface area contributed by atoms with Gasteiger partial charge < -0.3 is 14.8 Å². The Morgan fingerprint density at radius 1 is 0.941 bits per heavy atom. The molecule has 0 aliphatic heterocycles. The molecular weight excluding hydrogens is 643 g/mol. The molecule has 2 N–H and O–H groups in total. The van der Waals surface area contributed by atoms with Crippen molar-refractivity contribution in [2.75, 3.05) is 0 Å². The number of hydrogen-bond acceptors (Lipinski definition) is 5. The first-order chi connectivity index (χ1) is 24.2. The number of aromatic nitrogens is 2. The number of H-pyrrole nitrogens is 1. The summed E-state index contributed by atoms with van der Waals surface area (Å²) in [5.74, 6) is 1.24. The second-order valence-corrected chi connectivity index (χ2v) is 18.4. The Balaban J connectivity index is 1.05. The van der Waals surface area contributed by atoms with E-state index in [-0.39, 0.29) is 58.2 Å². The number of aromatic amines is 1. The van der Waals surface area contributed by atoms with Crippen LogP contribution in [0.2, 0.25) is 0 Å². The largest absolute Gasteiger partial charge is 0.481 e. The van der Waals surface area contributed by atoms with Gasteiger partial charge in [0.15, 0.2) is 5.78 Å². The lowest BCUT2D eigenvalue weighted by Crippen LogP contribution is -2.61. The lowest BCUT2D eigenvalue weighted by Gasteiger charge is -2.67. The monoisotopic (exact) mass is 698 g/mol. The highest BCUT2D eigenvalue weighted by molar-refractivity contribution is 6.01. The summed E-state index contributed by atoms with van der Waals surface area (Å²) in [4.78, 5) is 47.4. The van der Waals surface area contributed by atoms with Crippen molar-refractivity contribution in [3.05, 3.63) is 53.3 Å². The molecule has 6 aliphatic carbocycles. The molecule has 6 aliphatic rings. The second kappa shape index (κ2) is 12.1. The van der Waals surface area contributed by atoms with Gasteiger partial charge in [0.05, 0.1) is 29.1 Å². The molecule has 0 bridgehead atoms. The third-order valence-corrected chi connectivity index (χ3v) is 16.0. The van der Waals surface area contributed by atoms with E-state index in [2.05, 4.69) is 39.6 Å². The maximum Gasteiger partial charge on any atom is 0.309 e. The standard InChI is InChI=1S/C43H55FN2O5/c1-22(2)36-33(47)20-43(40-45-21-32(46-40)25-7-9-26(44)10-8-25)18-14-31-27(37(36)43)11-12-35-41(5)17-15-34(24(4)30(41)13-16-42(31,35)6)51-39(50)29-19-28(23(29)3)38(48)49/h7-10,21-24,27-31,34-35H,11-20H2,1-6H3,(H,45,46)(H,48,49). The SMILES string of the molecule is CC(C)C1=C2C3CCC4C(C)(CCC5C(C)C(OC(=O)C6CC(C(=O)O)C6C)CCC54C)C3CCC2(c2ncc(-c3ccc(F)cc3)[nH]2)CC1=O. The summed E-state index contributed by atoms with van der Waals surface area (Å²) in [6.07, 6.45) is 10.9. The maximum absolute atomic E-state index is 14.0. The number of rotatable bonds is 6. The van der Waals surface area contributed by atoms with Crippen molar-refractivity contribution in [3.63, 3.8) is 0 Å². The number of aliphatic carboxylic acids is 1. The van der Waals surface area contributed by atoms with Crippen LogP contribution in [0.15, 0.2) is 41.6 Å². The Kier molecular flexibility index (Phi) is 8.27. The number of Topliss-reactive ketones (excluding diaryl/α,β-unsaturated/α-hetero) is 1. The molecule has 51 heavy (non-hydrogen) atoms. The first-order valence-electron chi connectivity index (χ1n) is 19.7. The number of carboxylic acids is 1. The summed E-state index contributed by atoms with van der Waals surface area (Å²) in [5, 5.41) is 9.43. The number of nitrogens with one attached hydrogen (secondary N) is 1. The van der Waals surface area contributed by atoms with Gasteiger partial charge in [-0.15, -0.1) is 0 Å². The topological polar surface area (TPSA) is 109 Å². The normalized spacial score (nSPS) is 41.6. The molecule has 2 aromatic rings. The van der Waals surface area contributed by atoms with Crippen LogP contribution in [0.5, 0.6) is 0 Å². The Bertz CT molecular complexity index is 1780. The van der Waals surface area contributed by atoms with Crippen LogP contribution in [0.1, 0.15) is 112 Å². The zero-order valence-electron chi connectivity index (χ0n) is 31.1. The molecule has 0 spiro atoms. The molecule has 1 heterocycles. The highest BCUT2D eigenvalue weighted by atomic mass is 19.1. The van der Waals surface area contributed by atoms with Crippen molar-refractivity contribution in [1.82, 2.24) is 9.97 Å². The summed E-state index contributed by atoms with van der Waals surface area (Å²) in [6.45, 7) is 13.6. The molecule has 5 fully saturated rings. The Labute approximate surface area is 301 Å². The van der Waals surface area contributed by atoms with Gasteiger partial charge in [-0.3, -0.25) is 14.4 Å². The third-order valence-electron chi connectivity index (χ3n) is 16.0. The summed E-state index contributed by atoms with van der Waals surface area (Å²) >= 11 is 0. The average Bonchev–Trinajstić information content (AvgIpc) is 3.69. The number of imidazole rings is 1. The number of allylic oxidation sites excluding steroid dienone is 2. The maximum atomic E-state index is 14.0. The van der Waals surface area contributed by atoms with Crippen LogP contribution < -0.4 is 0 Å². The highest BCUT2D eigenvalue weighted by Crippen LogP contribution is 2.71. The smallest absolute Gasteiger partial charge is 0.309 e. The van der Waals surface area contributed by atoms with E-state index >= 15 is 0 Å². The van der Waals surface area contributed by atoms with E-state index < -0.39 is 17.3 Å². The number of ether oxygens (including phenoxy) is 1. The molecule has 1 aromatic carbocycles. The number of nitrogens with zero attached hydrogens (tertiary/aromatic N) is 1. The van der Waals surface area contributed by atoms with E-state index in [0.29, 0.717) is 36.5 Å². The fourth-order valence-electron chi connectivity index (χ4n) is 13.3. The first kappa shape index (κ1) is 34.8. The van der Waals surface area contributed by atoms with Crippen molar-refractivity contribution in [1.29, 1.82) is 0 Å². The van der Waals surface area contributed by atoms with E-state index in [1.165, 1.54) is 17.7 Å². The molecule has 5 saturated carbocycles. The lowest BCUT2D eigenvalue weighted by molar-refractivity contribution is -0.196. The van der Waals surface area contributed by atoms with E-state index in [9.17, 15) is 23.9 Å². The Morgan fingerprint density at radius 3 is 2.31 bits per heavy atom. The minimum Gasteiger partial charge on any atom is -0.481 e. The van der Waals surface area contributed by atoms with Crippen molar-refractivity contribution < 1.29 is 28.6 Å². The van der Waals surface area contributed by atoms with Crippen LogP contribution in [-0.4, -0.2) is 38.9 Å². The highest BCUT2D eigenvalue weighted by Gasteiger charge is 2.65. The van der Waals surface area contributed by atoms with Crippen LogP contribution in [0.25, 0.3) is 11.3 Å². The van der Waals surface area contributed by atoms with Crippen molar-refractivity contribution in [2.24, 2.45) is 64.1 Å². The predicted octanol–water partition coefficient (Wildman–Crippen LogP) is 8.94. The molecule has 8 heteroatoms. The third kappa shape index (κ3) is 5.07. The molecule has 7 nitrogen and oxygen atoms in total. The minimum absolute atomic E-state index is 0.112. The van der Waals surface area contributed by atoms with Crippen LogP contribution in [0.4, 0.5) is 4.39 Å². The van der Waals surface area contributed by atoms with Gasteiger partial charge in [-0.1, -0.05) is 41.5 Å². The quantitative estimate of drug-likeness (QED) is 0.292. The zero-order valence-corrected chi connectivity index (χ0v) is 31.1. The number of hydrogen-bond donors (Lipinski definition) is 2. The molecule has 274 valence electrons. The van der Waals surface area contributed by atoms with Crippen molar-refractivity contribution in [2.45, 2.75) is 117 Å². The van der Waals surface area contributed by atoms with Gasteiger partial charge in [-0.05, 0) is 151 Å². The number of carbonyl (C=O) groups excluding carboxylic acids is 2. The zero-order chi connectivity index (χ0) is 36.2.